The number of ether oxygens (including phenoxy) is 1. The van der Waals surface area contributed by atoms with Gasteiger partial charge < -0.3 is 21.4 Å². The van der Waals surface area contributed by atoms with Gasteiger partial charge in [-0.25, -0.2) is 0 Å². The van der Waals surface area contributed by atoms with Crippen LogP contribution >= 0.6 is 0 Å². The number of hydrogen-bond acceptors (Lipinski definition) is 6. The van der Waals surface area contributed by atoms with Crippen LogP contribution in [0.2, 0.25) is 0 Å². The molecule has 1 aliphatic heterocycles. The van der Waals surface area contributed by atoms with E-state index in [1.165, 1.54) is 6.20 Å². The van der Waals surface area contributed by atoms with E-state index < -0.39 is 5.91 Å². The van der Waals surface area contributed by atoms with E-state index in [4.69, 9.17) is 21.4 Å². The number of primary amides is 1. The lowest BCUT2D eigenvalue weighted by atomic mass is 9.91. The minimum atomic E-state index is -0.521. The van der Waals surface area contributed by atoms with E-state index in [2.05, 4.69) is 15.1 Å². The highest BCUT2D eigenvalue weighted by Gasteiger charge is 2.32. The van der Waals surface area contributed by atoms with Gasteiger partial charge in [-0.3, -0.25) is 14.8 Å². The molecule has 23 heavy (non-hydrogen) atoms. The molecule has 118 valence electrons. The fraction of sp³-hybridized carbons (Fsp3) is 0.200. The van der Waals surface area contributed by atoms with Crippen LogP contribution in [0.4, 0.5) is 0 Å². The van der Waals surface area contributed by atoms with Gasteiger partial charge in [0.15, 0.2) is 5.84 Å². The Balaban J connectivity index is 2.09. The highest BCUT2D eigenvalue weighted by atomic mass is 16.5. The van der Waals surface area contributed by atoms with Crippen molar-refractivity contribution in [3.63, 3.8) is 0 Å². The maximum atomic E-state index is 11.7. The van der Waals surface area contributed by atoms with Gasteiger partial charge in [0, 0.05) is 29.2 Å². The number of fused-ring (bicyclic) bond motifs is 1. The summed E-state index contributed by atoms with van der Waals surface area (Å²) in [4.78, 5) is 20.3. The minimum Gasteiger partial charge on any atom is -0.491 e. The van der Waals surface area contributed by atoms with Crippen LogP contribution in [-0.4, -0.2) is 33.5 Å². The summed E-state index contributed by atoms with van der Waals surface area (Å²) < 4.78 is 5.66. The highest BCUT2D eigenvalue weighted by Crippen LogP contribution is 2.39. The van der Waals surface area contributed by atoms with Gasteiger partial charge in [0.2, 0.25) is 5.91 Å². The highest BCUT2D eigenvalue weighted by molar-refractivity contribution is 5.97. The van der Waals surface area contributed by atoms with E-state index in [0.717, 1.165) is 0 Å². The van der Waals surface area contributed by atoms with Crippen LogP contribution in [0, 0.1) is 6.92 Å². The Bertz CT molecular complexity index is 819. The second-order valence-electron chi connectivity index (χ2n) is 5.18. The largest absolute Gasteiger partial charge is 0.491 e. The topological polar surface area (TPSA) is 137 Å². The number of nitrogens with zero attached hydrogens (tertiary/aromatic N) is 3. The van der Waals surface area contributed by atoms with Crippen LogP contribution in [0.3, 0.4) is 0 Å². The summed E-state index contributed by atoms with van der Waals surface area (Å²) in [6.45, 7) is 2.12. The van der Waals surface area contributed by atoms with Gasteiger partial charge in [0.05, 0.1) is 11.6 Å². The summed E-state index contributed by atoms with van der Waals surface area (Å²) in [6.07, 6.45) is 3.04. The average Bonchev–Trinajstić information content (AvgIpc) is 2.96. The third kappa shape index (κ3) is 2.44. The Morgan fingerprint density at radius 3 is 2.91 bits per heavy atom. The zero-order valence-corrected chi connectivity index (χ0v) is 12.4. The van der Waals surface area contributed by atoms with E-state index in [1.807, 2.05) is 6.92 Å². The molecular formula is C15H15N5O3. The minimum absolute atomic E-state index is 0.0530. The number of hydrogen-bond donors (Lipinski definition) is 3. The number of carbonyl (C=O) groups is 1. The number of oxime groups is 1. The monoisotopic (exact) mass is 313 g/mol. The quantitative estimate of drug-likeness (QED) is 0.327. The molecule has 0 spiro atoms. The Morgan fingerprint density at radius 1 is 1.43 bits per heavy atom. The molecule has 3 heterocycles. The first-order valence-corrected chi connectivity index (χ1v) is 6.89. The molecule has 1 amide bonds. The first-order valence-electron chi connectivity index (χ1n) is 6.89. The summed E-state index contributed by atoms with van der Waals surface area (Å²) in [7, 11) is 0. The molecule has 1 unspecified atom stereocenters. The predicted molar refractivity (Wildman–Crippen MR) is 81.6 cm³/mol. The lowest BCUT2D eigenvalue weighted by Crippen LogP contribution is -2.19. The van der Waals surface area contributed by atoms with E-state index in [-0.39, 0.29) is 11.8 Å². The third-order valence-corrected chi connectivity index (χ3v) is 3.82. The molecule has 0 aromatic carbocycles. The summed E-state index contributed by atoms with van der Waals surface area (Å²) in [6, 6.07) is 3.24. The van der Waals surface area contributed by atoms with Crippen LogP contribution < -0.4 is 16.2 Å². The zero-order valence-electron chi connectivity index (χ0n) is 12.4. The van der Waals surface area contributed by atoms with Crippen molar-refractivity contribution in [3.8, 4) is 5.75 Å². The molecule has 0 saturated carbocycles. The van der Waals surface area contributed by atoms with Crippen molar-refractivity contribution in [2.24, 2.45) is 16.6 Å². The van der Waals surface area contributed by atoms with Crippen molar-refractivity contribution in [2.45, 2.75) is 12.8 Å². The third-order valence-electron chi connectivity index (χ3n) is 3.82. The first-order chi connectivity index (χ1) is 11.0. The van der Waals surface area contributed by atoms with Gasteiger partial charge in [-0.1, -0.05) is 5.16 Å². The number of rotatable bonds is 3. The SMILES string of the molecule is Cc1nccc(C(N)=O)c1C1COc2cc(C(N)=NO)cnc21. The molecule has 8 heteroatoms. The van der Waals surface area contributed by atoms with Crippen molar-refractivity contribution in [1.82, 2.24) is 9.97 Å². The van der Waals surface area contributed by atoms with Crippen LogP contribution in [0.5, 0.6) is 5.75 Å². The second kappa shape index (κ2) is 5.56. The number of amidine groups is 1. The molecule has 1 atom stereocenters. The van der Waals surface area contributed by atoms with Crippen LogP contribution in [-0.2, 0) is 0 Å². The van der Waals surface area contributed by atoms with Crippen molar-refractivity contribution in [2.75, 3.05) is 6.61 Å². The zero-order chi connectivity index (χ0) is 16.6. The first kappa shape index (κ1) is 14.8. The van der Waals surface area contributed by atoms with Crippen LogP contribution in [0.15, 0.2) is 29.7 Å². The smallest absolute Gasteiger partial charge is 0.249 e. The lowest BCUT2D eigenvalue weighted by Gasteiger charge is -2.14. The van der Waals surface area contributed by atoms with Gasteiger partial charge >= 0.3 is 0 Å². The summed E-state index contributed by atoms with van der Waals surface area (Å²) >= 11 is 0. The van der Waals surface area contributed by atoms with Crippen LogP contribution in [0.25, 0.3) is 0 Å². The van der Waals surface area contributed by atoms with Crippen molar-refractivity contribution in [1.29, 1.82) is 0 Å². The molecule has 0 radical (unpaired) electrons. The summed E-state index contributed by atoms with van der Waals surface area (Å²) in [5, 5.41) is 11.7. The summed E-state index contributed by atoms with van der Waals surface area (Å²) in [5.41, 5.74) is 13.9. The fourth-order valence-electron chi connectivity index (χ4n) is 2.73. The molecule has 8 nitrogen and oxygen atoms in total. The number of aromatic nitrogens is 2. The molecule has 0 fully saturated rings. The van der Waals surface area contributed by atoms with Crippen LogP contribution in [0.1, 0.15) is 38.8 Å². The molecule has 2 aromatic rings. The number of aryl methyl sites for hydroxylation is 1. The fourth-order valence-corrected chi connectivity index (χ4v) is 2.73. The molecule has 0 saturated heterocycles. The van der Waals surface area contributed by atoms with Crippen molar-refractivity contribution in [3.05, 3.63) is 52.6 Å². The standard InChI is InChI=1S/C15H15N5O3/c1-7-12(9(15(17)21)2-3-18-7)10-6-23-11-4-8(14(16)20-22)5-19-13(10)11/h2-5,10,22H,6H2,1H3,(H2,16,20)(H2,17,21). The van der Waals surface area contributed by atoms with Gasteiger partial charge in [-0.2, -0.15) is 0 Å². The Morgan fingerprint density at radius 2 is 2.22 bits per heavy atom. The van der Waals surface area contributed by atoms with E-state index >= 15 is 0 Å². The van der Waals surface area contributed by atoms with E-state index in [9.17, 15) is 4.79 Å². The molecule has 5 N–H and O–H groups in total. The molecule has 0 bridgehead atoms. The molecule has 3 rings (SSSR count). The van der Waals surface area contributed by atoms with Crippen molar-refractivity contribution >= 4 is 11.7 Å². The second-order valence-corrected chi connectivity index (χ2v) is 5.18. The lowest BCUT2D eigenvalue weighted by molar-refractivity contribution is 0.0998. The number of amides is 1. The van der Waals surface area contributed by atoms with Gasteiger partial charge in [-0.15, -0.1) is 0 Å². The maximum absolute atomic E-state index is 11.7. The van der Waals surface area contributed by atoms with E-state index in [0.29, 0.717) is 40.4 Å². The maximum Gasteiger partial charge on any atom is 0.249 e. The number of pyridine rings is 2. The molecular weight excluding hydrogens is 298 g/mol. The van der Waals surface area contributed by atoms with Crippen molar-refractivity contribution < 1.29 is 14.7 Å². The average molecular weight is 313 g/mol. The Hall–Kier alpha value is -3.16. The predicted octanol–water partition coefficient (Wildman–Crippen LogP) is 0.503. The van der Waals surface area contributed by atoms with Gasteiger partial charge in [-0.05, 0) is 24.6 Å². The Labute approximate surface area is 131 Å². The van der Waals surface area contributed by atoms with Gasteiger partial charge in [0.25, 0.3) is 0 Å². The summed E-state index contributed by atoms with van der Waals surface area (Å²) in [5.74, 6) is -0.296. The van der Waals surface area contributed by atoms with Gasteiger partial charge in [0.1, 0.15) is 12.4 Å². The molecule has 0 aliphatic carbocycles. The molecule has 1 aliphatic rings. The molecule has 2 aromatic heterocycles. The number of nitrogens with two attached hydrogens (primary N) is 2. The van der Waals surface area contributed by atoms with E-state index in [1.54, 1.807) is 18.3 Å². The normalized spacial score (nSPS) is 16.7. The Kier molecular flexibility index (Phi) is 3.57. The number of carbonyl (C=O) groups excluding carboxylic acids is 1.